The molecule has 1 aliphatic heterocycles. The number of carboxylic acid groups (broad SMARTS) is 1. The van der Waals surface area contributed by atoms with E-state index in [-0.39, 0.29) is 0 Å². The third kappa shape index (κ3) is 7.48. The van der Waals surface area contributed by atoms with Gasteiger partial charge in [0, 0.05) is 27.7 Å². The van der Waals surface area contributed by atoms with E-state index in [4.69, 9.17) is 28.8 Å². The Morgan fingerprint density at radius 2 is 1.50 bits per heavy atom. The van der Waals surface area contributed by atoms with Crippen LogP contribution in [0.1, 0.15) is 27.7 Å². The van der Waals surface area contributed by atoms with Crippen molar-refractivity contribution in [2.45, 2.75) is 58.3 Å². The van der Waals surface area contributed by atoms with Gasteiger partial charge in [0.1, 0.15) is 25.4 Å². The first kappa shape index (κ1) is 23.3. The topological polar surface area (TPSA) is 164 Å². The Balaban J connectivity index is 3.26. The van der Waals surface area contributed by atoms with Crippen LogP contribution >= 0.6 is 0 Å². The lowest BCUT2D eigenvalue weighted by molar-refractivity contribution is -0.277. The molecule has 1 fully saturated rings. The van der Waals surface area contributed by atoms with Crippen LogP contribution in [0.15, 0.2) is 0 Å². The zero-order valence-electron chi connectivity index (χ0n) is 15.8. The molecular formula is C16H23NO11. The molecule has 1 aliphatic rings. The number of carbonyl (C=O) groups is 5. The number of hydrogen-bond donors (Lipinski definition) is 2. The van der Waals surface area contributed by atoms with Crippen molar-refractivity contribution in [2.24, 2.45) is 0 Å². The lowest BCUT2D eigenvalue weighted by Gasteiger charge is -2.44. The number of hydrogen-bond acceptors (Lipinski definition) is 10. The summed E-state index contributed by atoms with van der Waals surface area (Å²) >= 11 is 0. The zero-order valence-corrected chi connectivity index (χ0v) is 15.8. The van der Waals surface area contributed by atoms with Gasteiger partial charge in [-0.2, -0.15) is 0 Å². The maximum atomic E-state index is 11.6. The molecule has 1 saturated heterocycles. The van der Waals surface area contributed by atoms with Crippen LogP contribution in [0.3, 0.4) is 0 Å². The van der Waals surface area contributed by atoms with Crippen molar-refractivity contribution in [1.29, 1.82) is 0 Å². The van der Waals surface area contributed by atoms with Crippen molar-refractivity contribution in [3.05, 3.63) is 0 Å². The van der Waals surface area contributed by atoms with Crippen molar-refractivity contribution in [2.75, 3.05) is 13.2 Å². The second-order valence-corrected chi connectivity index (χ2v) is 5.92. The molecule has 0 saturated carbocycles. The van der Waals surface area contributed by atoms with Crippen molar-refractivity contribution < 1.29 is 52.8 Å². The van der Waals surface area contributed by atoms with Gasteiger partial charge in [-0.15, -0.1) is 0 Å². The highest BCUT2D eigenvalue weighted by atomic mass is 16.7. The Kier molecular flexibility index (Phi) is 8.79. The van der Waals surface area contributed by atoms with Gasteiger partial charge in [0.25, 0.3) is 0 Å². The quantitative estimate of drug-likeness (QED) is 0.366. The monoisotopic (exact) mass is 405 g/mol. The van der Waals surface area contributed by atoms with E-state index >= 15 is 0 Å². The molecule has 0 bridgehead atoms. The molecule has 2 N–H and O–H groups in total. The number of aliphatic carboxylic acids is 1. The van der Waals surface area contributed by atoms with Gasteiger partial charge in [-0.05, 0) is 0 Å². The minimum Gasteiger partial charge on any atom is -0.480 e. The first-order valence-electron chi connectivity index (χ1n) is 8.25. The predicted octanol–water partition coefficient (Wildman–Crippen LogP) is -1.26. The van der Waals surface area contributed by atoms with E-state index in [0.29, 0.717) is 0 Å². The molecule has 12 heteroatoms. The van der Waals surface area contributed by atoms with Crippen LogP contribution < -0.4 is 5.32 Å². The van der Waals surface area contributed by atoms with Crippen LogP contribution in [-0.4, -0.2) is 78.7 Å². The first-order chi connectivity index (χ1) is 13.0. The van der Waals surface area contributed by atoms with Crippen molar-refractivity contribution in [3.63, 3.8) is 0 Å². The summed E-state index contributed by atoms with van der Waals surface area (Å²) in [5.74, 6) is -4.03. The lowest BCUT2D eigenvalue weighted by atomic mass is 9.96. The Bertz CT molecular complexity index is 576. The van der Waals surface area contributed by atoms with Gasteiger partial charge in [-0.1, -0.05) is 0 Å². The van der Waals surface area contributed by atoms with E-state index in [1.807, 2.05) is 0 Å². The Labute approximate surface area is 160 Å². The summed E-state index contributed by atoms with van der Waals surface area (Å²) in [5, 5.41) is 11.3. The van der Waals surface area contributed by atoms with Gasteiger partial charge in [0.05, 0.1) is 0 Å². The summed E-state index contributed by atoms with van der Waals surface area (Å²) in [6, 6.07) is -1.20. The summed E-state index contributed by atoms with van der Waals surface area (Å²) in [6.07, 6.45) is -5.10. The number of nitrogens with one attached hydrogen (secondary N) is 1. The predicted molar refractivity (Wildman–Crippen MR) is 87.6 cm³/mol. The van der Waals surface area contributed by atoms with E-state index in [9.17, 15) is 24.0 Å². The molecular weight excluding hydrogens is 382 g/mol. The average Bonchev–Trinajstić information content (AvgIpc) is 2.54. The fourth-order valence-corrected chi connectivity index (χ4v) is 2.59. The summed E-state index contributed by atoms with van der Waals surface area (Å²) in [6.45, 7) is 3.33. The third-order valence-corrected chi connectivity index (χ3v) is 3.44. The summed E-state index contributed by atoms with van der Waals surface area (Å²) in [7, 11) is 0. The number of carbonyl (C=O) groups excluding carboxylic acids is 4. The fourth-order valence-electron chi connectivity index (χ4n) is 2.59. The Morgan fingerprint density at radius 3 is 1.96 bits per heavy atom. The van der Waals surface area contributed by atoms with Crippen LogP contribution in [0.2, 0.25) is 0 Å². The molecule has 0 aromatic rings. The Hall–Kier alpha value is -2.73. The zero-order chi connectivity index (χ0) is 21.4. The maximum absolute atomic E-state index is 11.6. The molecule has 1 amide bonds. The standard InChI is InChI=1S/C16H23NO11/c1-7(18)17-13-15(27-10(4)21)14(26-9(3)20)11(5-24-8(2)19)28-16(13)25-6-12(22)23/h11,13-16H,5-6H2,1-4H3,(H,17,18)(H,22,23)/t11?,13-,14+,15?,16+/m0/s1. The molecule has 0 aliphatic carbocycles. The first-order valence-corrected chi connectivity index (χ1v) is 8.25. The number of rotatable bonds is 8. The number of amides is 1. The highest BCUT2D eigenvalue weighted by molar-refractivity contribution is 5.74. The van der Waals surface area contributed by atoms with Crippen LogP contribution in [0.25, 0.3) is 0 Å². The van der Waals surface area contributed by atoms with E-state index in [1.54, 1.807) is 0 Å². The lowest BCUT2D eigenvalue weighted by Crippen LogP contribution is -2.66. The van der Waals surface area contributed by atoms with Crippen molar-refractivity contribution >= 4 is 29.8 Å². The average molecular weight is 405 g/mol. The SMILES string of the molecule is CC(=O)N[C@H]1C(OC(C)=O)[C@H](OC(C)=O)C(COC(C)=O)O[C@H]1OCC(=O)O. The number of ether oxygens (including phenoxy) is 5. The second kappa shape index (κ2) is 10.6. The molecule has 2 unspecified atom stereocenters. The molecule has 0 spiro atoms. The van der Waals surface area contributed by atoms with E-state index < -0.39 is 73.6 Å². The van der Waals surface area contributed by atoms with E-state index in [0.717, 1.165) is 20.8 Å². The van der Waals surface area contributed by atoms with Crippen LogP contribution in [0.4, 0.5) is 0 Å². The molecule has 0 radical (unpaired) electrons. The van der Waals surface area contributed by atoms with E-state index in [2.05, 4.69) is 5.32 Å². The van der Waals surface area contributed by atoms with Crippen LogP contribution in [0, 0.1) is 0 Å². The molecule has 1 heterocycles. The Morgan fingerprint density at radius 1 is 0.929 bits per heavy atom. The van der Waals surface area contributed by atoms with E-state index in [1.165, 1.54) is 6.92 Å². The van der Waals surface area contributed by atoms with Gasteiger partial charge in [0.2, 0.25) is 5.91 Å². The fraction of sp³-hybridized carbons (Fsp3) is 0.688. The molecule has 0 aromatic heterocycles. The van der Waals surface area contributed by atoms with Crippen molar-refractivity contribution in [3.8, 4) is 0 Å². The van der Waals surface area contributed by atoms with Gasteiger partial charge in [-0.25, -0.2) is 4.79 Å². The third-order valence-electron chi connectivity index (χ3n) is 3.44. The second-order valence-electron chi connectivity index (χ2n) is 5.92. The van der Waals surface area contributed by atoms with Gasteiger partial charge in [-0.3, -0.25) is 19.2 Å². The molecule has 12 nitrogen and oxygen atoms in total. The van der Waals surface area contributed by atoms with Crippen molar-refractivity contribution in [1.82, 2.24) is 5.32 Å². The minimum absolute atomic E-state index is 0.398. The van der Waals surface area contributed by atoms with Gasteiger partial charge >= 0.3 is 23.9 Å². The molecule has 1 rings (SSSR count). The highest BCUT2D eigenvalue weighted by Crippen LogP contribution is 2.27. The summed E-state index contributed by atoms with van der Waals surface area (Å²) < 4.78 is 26.0. The summed E-state index contributed by atoms with van der Waals surface area (Å²) in [4.78, 5) is 56.7. The van der Waals surface area contributed by atoms with Crippen LogP contribution in [0.5, 0.6) is 0 Å². The molecule has 0 aromatic carbocycles. The smallest absolute Gasteiger partial charge is 0.329 e. The minimum atomic E-state index is -1.39. The van der Waals surface area contributed by atoms with Gasteiger partial charge < -0.3 is 34.1 Å². The number of carboxylic acids is 1. The van der Waals surface area contributed by atoms with Gasteiger partial charge in [0.15, 0.2) is 18.5 Å². The normalized spacial score (nSPS) is 26.6. The largest absolute Gasteiger partial charge is 0.480 e. The molecule has 28 heavy (non-hydrogen) atoms. The molecule has 5 atom stereocenters. The molecule has 158 valence electrons. The maximum Gasteiger partial charge on any atom is 0.329 e. The number of esters is 3. The van der Waals surface area contributed by atoms with Crippen LogP contribution in [-0.2, 0) is 47.7 Å². The highest BCUT2D eigenvalue weighted by Gasteiger charge is 2.51. The summed E-state index contributed by atoms with van der Waals surface area (Å²) in [5.41, 5.74) is 0.